The summed E-state index contributed by atoms with van der Waals surface area (Å²) in [6.07, 6.45) is 3.13. The van der Waals surface area contributed by atoms with Crippen LogP contribution in [0.15, 0.2) is 48.8 Å². The highest BCUT2D eigenvalue weighted by Crippen LogP contribution is 2.19. The van der Waals surface area contributed by atoms with E-state index in [9.17, 15) is 9.59 Å². The fourth-order valence-electron chi connectivity index (χ4n) is 1.68. The predicted octanol–water partition coefficient (Wildman–Crippen LogP) is 2.32. The minimum atomic E-state index is -0.213. The molecule has 2 aromatic rings. The number of nitrogens with one attached hydrogen (secondary N) is 1. The first-order valence-corrected chi connectivity index (χ1v) is 6.13. The molecular formula is C15H15N3O2. The fraction of sp³-hybridized carbons (Fsp3) is 0.133. The molecule has 1 N–H and O–H groups in total. The minimum absolute atomic E-state index is 0.0670. The number of hydrogen-bond donors (Lipinski definition) is 1. The van der Waals surface area contributed by atoms with Crippen molar-refractivity contribution >= 4 is 23.2 Å². The third kappa shape index (κ3) is 3.20. The summed E-state index contributed by atoms with van der Waals surface area (Å²) >= 11 is 0. The third-order valence-electron chi connectivity index (χ3n) is 2.91. The number of carbonyl (C=O) groups is 2. The highest BCUT2D eigenvalue weighted by atomic mass is 16.2. The van der Waals surface area contributed by atoms with Gasteiger partial charge in [-0.25, -0.2) is 0 Å². The highest BCUT2D eigenvalue weighted by molar-refractivity contribution is 6.04. The summed E-state index contributed by atoms with van der Waals surface area (Å²) in [6.45, 7) is 1.49. The lowest BCUT2D eigenvalue weighted by molar-refractivity contribution is -0.116. The summed E-state index contributed by atoms with van der Waals surface area (Å²) < 4.78 is 0. The molecule has 0 atom stereocenters. The molecule has 1 aromatic heterocycles. The van der Waals surface area contributed by atoms with Gasteiger partial charge in [0.1, 0.15) is 0 Å². The Morgan fingerprint density at radius 3 is 2.50 bits per heavy atom. The molecule has 2 rings (SSSR count). The molecule has 102 valence electrons. The van der Waals surface area contributed by atoms with Crippen LogP contribution in [0, 0.1) is 0 Å². The first-order chi connectivity index (χ1) is 9.58. The number of anilines is 2. The van der Waals surface area contributed by atoms with Crippen molar-refractivity contribution in [1.29, 1.82) is 0 Å². The SMILES string of the molecule is CC(=O)N(C)c1cccc(NC(=O)c2ccncc2)c1. The molecule has 0 unspecified atom stereocenters. The van der Waals surface area contributed by atoms with Crippen LogP contribution in [0.1, 0.15) is 17.3 Å². The number of amides is 2. The third-order valence-corrected chi connectivity index (χ3v) is 2.91. The van der Waals surface area contributed by atoms with Gasteiger partial charge in [0, 0.05) is 43.3 Å². The number of benzene rings is 1. The Hall–Kier alpha value is -2.69. The summed E-state index contributed by atoms with van der Waals surface area (Å²) in [5, 5.41) is 2.79. The van der Waals surface area contributed by atoms with Gasteiger partial charge >= 0.3 is 0 Å². The van der Waals surface area contributed by atoms with E-state index >= 15 is 0 Å². The van der Waals surface area contributed by atoms with Crippen molar-refractivity contribution in [3.05, 3.63) is 54.4 Å². The molecule has 0 aliphatic rings. The van der Waals surface area contributed by atoms with Gasteiger partial charge in [0.25, 0.3) is 5.91 Å². The van der Waals surface area contributed by atoms with Crippen molar-refractivity contribution in [3.63, 3.8) is 0 Å². The molecule has 5 heteroatoms. The number of hydrogen-bond acceptors (Lipinski definition) is 3. The second kappa shape index (κ2) is 5.97. The molecule has 0 radical (unpaired) electrons. The van der Waals surface area contributed by atoms with Crippen LogP contribution >= 0.6 is 0 Å². The summed E-state index contributed by atoms with van der Waals surface area (Å²) in [6, 6.07) is 10.4. The molecule has 0 aliphatic heterocycles. The molecule has 2 amide bonds. The van der Waals surface area contributed by atoms with E-state index in [2.05, 4.69) is 10.3 Å². The first-order valence-electron chi connectivity index (χ1n) is 6.13. The highest BCUT2D eigenvalue weighted by Gasteiger charge is 2.08. The smallest absolute Gasteiger partial charge is 0.255 e. The number of nitrogens with zero attached hydrogens (tertiary/aromatic N) is 2. The van der Waals surface area contributed by atoms with Crippen LogP contribution in [-0.2, 0) is 4.79 Å². The molecule has 0 saturated carbocycles. The van der Waals surface area contributed by atoms with Gasteiger partial charge in [-0.1, -0.05) is 6.07 Å². The second-order valence-electron chi connectivity index (χ2n) is 4.32. The molecule has 0 bridgehead atoms. The minimum Gasteiger partial charge on any atom is -0.322 e. The standard InChI is InChI=1S/C15H15N3O2/c1-11(19)18(2)14-5-3-4-13(10-14)17-15(20)12-6-8-16-9-7-12/h3-10H,1-2H3,(H,17,20). The van der Waals surface area contributed by atoms with Gasteiger partial charge in [-0.15, -0.1) is 0 Å². The van der Waals surface area contributed by atoms with E-state index < -0.39 is 0 Å². The Morgan fingerprint density at radius 1 is 1.15 bits per heavy atom. The normalized spacial score (nSPS) is 9.90. The predicted molar refractivity (Wildman–Crippen MR) is 77.7 cm³/mol. The van der Waals surface area contributed by atoms with Crippen molar-refractivity contribution < 1.29 is 9.59 Å². The molecule has 0 spiro atoms. The van der Waals surface area contributed by atoms with E-state index in [0.717, 1.165) is 5.69 Å². The van der Waals surface area contributed by atoms with Crippen molar-refractivity contribution in [2.75, 3.05) is 17.3 Å². The Kier molecular flexibility index (Phi) is 4.10. The lowest BCUT2D eigenvalue weighted by Gasteiger charge is -2.16. The maximum absolute atomic E-state index is 12.0. The average molecular weight is 269 g/mol. The van der Waals surface area contributed by atoms with Gasteiger partial charge in [0.05, 0.1) is 0 Å². The van der Waals surface area contributed by atoms with E-state index in [1.54, 1.807) is 49.8 Å². The zero-order valence-corrected chi connectivity index (χ0v) is 11.3. The lowest BCUT2D eigenvalue weighted by Crippen LogP contribution is -2.23. The van der Waals surface area contributed by atoms with E-state index in [4.69, 9.17) is 0 Å². The van der Waals surface area contributed by atoms with Gasteiger partial charge < -0.3 is 10.2 Å². The molecule has 0 saturated heterocycles. The van der Waals surface area contributed by atoms with Gasteiger partial charge in [0.15, 0.2) is 0 Å². The van der Waals surface area contributed by atoms with Crippen LogP contribution in [0.5, 0.6) is 0 Å². The van der Waals surface area contributed by atoms with Gasteiger partial charge in [0.2, 0.25) is 5.91 Å². The largest absolute Gasteiger partial charge is 0.322 e. The first kappa shape index (κ1) is 13.7. The zero-order valence-electron chi connectivity index (χ0n) is 11.3. The summed E-state index contributed by atoms with van der Waals surface area (Å²) in [7, 11) is 1.69. The van der Waals surface area contributed by atoms with Crippen LogP contribution in [0.2, 0.25) is 0 Å². The Balaban J connectivity index is 2.16. The molecular weight excluding hydrogens is 254 g/mol. The number of pyridine rings is 1. The quantitative estimate of drug-likeness (QED) is 0.930. The van der Waals surface area contributed by atoms with Gasteiger partial charge in [-0.3, -0.25) is 14.6 Å². The van der Waals surface area contributed by atoms with Crippen molar-refractivity contribution in [3.8, 4) is 0 Å². The Morgan fingerprint density at radius 2 is 1.85 bits per heavy atom. The lowest BCUT2D eigenvalue weighted by atomic mass is 10.2. The molecule has 0 fully saturated rings. The molecule has 20 heavy (non-hydrogen) atoms. The molecule has 1 heterocycles. The average Bonchev–Trinajstić information content (AvgIpc) is 2.47. The van der Waals surface area contributed by atoms with Crippen molar-refractivity contribution in [2.45, 2.75) is 6.92 Å². The number of carbonyl (C=O) groups excluding carboxylic acids is 2. The maximum atomic E-state index is 12.0. The molecule has 1 aromatic carbocycles. The van der Waals surface area contributed by atoms with E-state index in [1.165, 1.54) is 11.8 Å². The van der Waals surface area contributed by atoms with Crippen LogP contribution < -0.4 is 10.2 Å². The summed E-state index contributed by atoms with van der Waals surface area (Å²) in [4.78, 5) is 28.7. The van der Waals surface area contributed by atoms with E-state index in [0.29, 0.717) is 11.3 Å². The van der Waals surface area contributed by atoms with E-state index in [1.807, 2.05) is 6.07 Å². The molecule has 5 nitrogen and oxygen atoms in total. The summed E-state index contributed by atoms with van der Waals surface area (Å²) in [5.41, 5.74) is 1.90. The van der Waals surface area contributed by atoms with Crippen molar-refractivity contribution in [1.82, 2.24) is 4.98 Å². The van der Waals surface area contributed by atoms with Crippen LogP contribution in [0.4, 0.5) is 11.4 Å². The van der Waals surface area contributed by atoms with Crippen LogP contribution in [0.3, 0.4) is 0 Å². The van der Waals surface area contributed by atoms with Gasteiger partial charge in [-0.2, -0.15) is 0 Å². The van der Waals surface area contributed by atoms with Gasteiger partial charge in [-0.05, 0) is 30.3 Å². The van der Waals surface area contributed by atoms with Crippen LogP contribution in [0.25, 0.3) is 0 Å². The topological polar surface area (TPSA) is 62.3 Å². The second-order valence-corrected chi connectivity index (χ2v) is 4.32. The number of aromatic nitrogens is 1. The Bertz CT molecular complexity index is 626. The van der Waals surface area contributed by atoms with Crippen LogP contribution in [-0.4, -0.2) is 23.8 Å². The zero-order chi connectivity index (χ0) is 14.5. The summed E-state index contributed by atoms with van der Waals surface area (Å²) in [5.74, 6) is -0.280. The Labute approximate surface area is 117 Å². The fourth-order valence-corrected chi connectivity index (χ4v) is 1.68. The monoisotopic (exact) mass is 269 g/mol. The van der Waals surface area contributed by atoms with Crippen molar-refractivity contribution in [2.24, 2.45) is 0 Å². The number of rotatable bonds is 3. The maximum Gasteiger partial charge on any atom is 0.255 e. The molecule has 0 aliphatic carbocycles. The van der Waals surface area contributed by atoms with E-state index in [-0.39, 0.29) is 11.8 Å².